The molecule has 1 fully saturated rings. The SMILES string of the molecule is O=Cc1c(O)cccc1OCC1CCCCN1C(=O)c1cccc(Cl)c1C=O. The van der Waals surface area contributed by atoms with Crippen molar-refractivity contribution in [3.8, 4) is 11.5 Å². The number of aromatic hydroxyl groups is 1. The van der Waals surface area contributed by atoms with Gasteiger partial charge in [-0.3, -0.25) is 14.4 Å². The van der Waals surface area contributed by atoms with Gasteiger partial charge in [0.1, 0.15) is 18.1 Å². The van der Waals surface area contributed by atoms with Crippen molar-refractivity contribution >= 4 is 30.1 Å². The summed E-state index contributed by atoms with van der Waals surface area (Å²) in [6, 6.07) is 9.17. The minimum atomic E-state index is -0.274. The lowest BCUT2D eigenvalue weighted by molar-refractivity contribution is 0.0525. The van der Waals surface area contributed by atoms with E-state index in [0.717, 1.165) is 19.3 Å². The lowest BCUT2D eigenvalue weighted by Crippen LogP contribution is -2.47. The fourth-order valence-electron chi connectivity index (χ4n) is 3.40. The second kappa shape index (κ2) is 8.89. The summed E-state index contributed by atoms with van der Waals surface area (Å²) in [5, 5.41) is 10.0. The van der Waals surface area contributed by atoms with Gasteiger partial charge in [-0.15, -0.1) is 0 Å². The molecule has 6 nitrogen and oxygen atoms in total. The number of halogens is 1. The number of aldehydes is 2. The van der Waals surface area contributed by atoms with E-state index in [-0.39, 0.29) is 51.8 Å². The van der Waals surface area contributed by atoms with Crippen LogP contribution < -0.4 is 4.74 Å². The van der Waals surface area contributed by atoms with Crippen LogP contribution in [0.25, 0.3) is 0 Å². The van der Waals surface area contributed by atoms with Crippen molar-refractivity contribution in [3.05, 3.63) is 58.1 Å². The van der Waals surface area contributed by atoms with E-state index in [1.165, 1.54) is 6.07 Å². The molecule has 28 heavy (non-hydrogen) atoms. The number of hydrogen-bond acceptors (Lipinski definition) is 5. The van der Waals surface area contributed by atoms with Crippen molar-refractivity contribution in [3.63, 3.8) is 0 Å². The molecule has 1 atom stereocenters. The number of phenolic OH excluding ortho intramolecular Hbond substituents is 1. The molecular weight excluding hydrogens is 382 g/mol. The highest BCUT2D eigenvalue weighted by atomic mass is 35.5. The molecule has 1 aliphatic heterocycles. The van der Waals surface area contributed by atoms with Crippen molar-refractivity contribution in [2.24, 2.45) is 0 Å². The average molecular weight is 402 g/mol. The van der Waals surface area contributed by atoms with Crippen LogP contribution in [0, 0.1) is 0 Å². The van der Waals surface area contributed by atoms with Crippen LogP contribution in [0.1, 0.15) is 50.3 Å². The first-order valence-electron chi connectivity index (χ1n) is 9.01. The summed E-state index contributed by atoms with van der Waals surface area (Å²) in [4.78, 5) is 37.4. The van der Waals surface area contributed by atoms with Gasteiger partial charge in [0.25, 0.3) is 5.91 Å². The molecule has 3 rings (SSSR count). The maximum Gasteiger partial charge on any atom is 0.255 e. The molecule has 0 bridgehead atoms. The van der Waals surface area contributed by atoms with Gasteiger partial charge in [0.05, 0.1) is 22.2 Å². The van der Waals surface area contributed by atoms with Crippen LogP contribution in [-0.4, -0.2) is 47.7 Å². The summed E-state index contributed by atoms with van der Waals surface area (Å²) >= 11 is 6.05. The second-order valence-electron chi connectivity index (χ2n) is 6.58. The standard InChI is InChI=1S/C21H20ClNO5/c22-18-7-3-6-15(16(18)11-24)21(27)23-10-2-1-5-14(23)13-28-20-9-4-8-19(26)17(20)12-25/h3-4,6-9,11-12,14,26H,1-2,5,10,13H2. The van der Waals surface area contributed by atoms with Gasteiger partial charge in [-0.1, -0.05) is 23.7 Å². The molecular formula is C21H20ClNO5. The van der Waals surface area contributed by atoms with Gasteiger partial charge in [0.15, 0.2) is 12.6 Å². The van der Waals surface area contributed by atoms with Crippen LogP contribution in [0.15, 0.2) is 36.4 Å². The van der Waals surface area contributed by atoms with Gasteiger partial charge in [0, 0.05) is 12.1 Å². The van der Waals surface area contributed by atoms with Crippen LogP contribution in [0.2, 0.25) is 5.02 Å². The van der Waals surface area contributed by atoms with E-state index in [0.29, 0.717) is 19.1 Å². The van der Waals surface area contributed by atoms with Crippen LogP contribution >= 0.6 is 11.6 Å². The summed E-state index contributed by atoms with van der Waals surface area (Å²) < 4.78 is 5.76. The monoisotopic (exact) mass is 401 g/mol. The number of carbonyl (C=O) groups excluding carboxylic acids is 3. The molecule has 2 aromatic rings. The van der Waals surface area contributed by atoms with Gasteiger partial charge in [0.2, 0.25) is 0 Å². The van der Waals surface area contributed by atoms with Crippen molar-refractivity contribution < 1.29 is 24.2 Å². The molecule has 1 N–H and O–H groups in total. The Balaban J connectivity index is 1.81. The normalized spacial score (nSPS) is 16.5. The Morgan fingerprint density at radius 1 is 1.14 bits per heavy atom. The van der Waals surface area contributed by atoms with E-state index in [2.05, 4.69) is 0 Å². The summed E-state index contributed by atoms with van der Waals surface area (Å²) in [7, 11) is 0. The molecule has 0 aromatic heterocycles. The van der Waals surface area contributed by atoms with E-state index in [4.69, 9.17) is 16.3 Å². The zero-order valence-electron chi connectivity index (χ0n) is 15.1. The Labute approximate surface area is 167 Å². The number of carbonyl (C=O) groups is 3. The topological polar surface area (TPSA) is 83.9 Å². The number of benzene rings is 2. The zero-order chi connectivity index (χ0) is 20.1. The van der Waals surface area contributed by atoms with E-state index in [1.54, 1.807) is 35.2 Å². The lowest BCUT2D eigenvalue weighted by atomic mass is 9.99. The van der Waals surface area contributed by atoms with Gasteiger partial charge in [-0.25, -0.2) is 0 Å². The second-order valence-corrected chi connectivity index (χ2v) is 6.99. The third-order valence-electron chi connectivity index (χ3n) is 4.88. The molecule has 7 heteroatoms. The molecule has 0 saturated carbocycles. The van der Waals surface area contributed by atoms with Crippen molar-refractivity contribution in [1.29, 1.82) is 0 Å². The molecule has 146 valence electrons. The maximum absolute atomic E-state index is 13.1. The largest absolute Gasteiger partial charge is 0.507 e. The number of piperidine rings is 1. The number of phenols is 1. The number of rotatable bonds is 6. The summed E-state index contributed by atoms with van der Waals surface area (Å²) in [5.41, 5.74) is 0.519. The summed E-state index contributed by atoms with van der Waals surface area (Å²) in [6.07, 6.45) is 3.66. The van der Waals surface area contributed by atoms with Crippen LogP contribution in [0.4, 0.5) is 0 Å². The number of likely N-dealkylation sites (tertiary alicyclic amines) is 1. The van der Waals surface area contributed by atoms with Crippen LogP contribution in [0.3, 0.4) is 0 Å². The van der Waals surface area contributed by atoms with Crippen molar-refractivity contribution in [2.45, 2.75) is 25.3 Å². The molecule has 1 aliphatic rings. The Bertz CT molecular complexity index is 898. The van der Waals surface area contributed by atoms with E-state index < -0.39 is 0 Å². The fraction of sp³-hybridized carbons (Fsp3) is 0.286. The van der Waals surface area contributed by atoms with Gasteiger partial charge in [-0.2, -0.15) is 0 Å². The number of hydrogen-bond donors (Lipinski definition) is 1. The highest BCUT2D eigenvalue weighted by molar-refractivity contribution is 6.33. The third-order valence-corrected chi connectivity index (χ3v) is 5.21. The predicted molar refractivity (Wildman–Crippen MR) is 105 cm³/mol. The van der Waals surface area contributed by atoms with Gasteiger partial charge in [-0.05, 0) is 43.5 Å². The molecule has 1 amide bonds. The Hall–Kier alpha value is -2.86. The van der Waals surface area contributed by atoms with Crippen molar-refractivity contribution in [1.82, 2.24) is 4.90 Å². The van der Waals surface area contributed by atoms with E-state index >= 15 is 0 Å². The van der Waals surface area contributed by atoms with Gasteiger partial charge < -0.3 is 14.7 Å². The summed E-state index contributed by atoms with van der Waals surface area (Å²) in [5.74, 6) is -0.160. The molecule has 0 aliphatic carbocycles. The lowest BCUT2D eigenvalue weighted by Gasteiger charge is -2.36. The first-order valence-corrected chi connectivity index (χ1v) is 9.39. The smallest absolute Gasteiger partial charge is 0.255 e. The third kappa shape index (κ3) is 4.02. The predicted octanol–water partition coefficient (Wildman–Crippen LogP) is 3.74. The van der Waals surface area contributed by atoms with E-state index in [9.17, 15) is 19.5 Å². The first-order chi connectivity index (χ1) is 13.6. The Morgan fingerprint density at radius 3 is 2.64 bits per heavy atom. The zero-order valence-corrected chi connectivity index (χ0v) is 15.9. The van der Waals surface area contributed by atoms with Crippen molar-refractivity contribution in [2.75, 3.05) is 13.2 Å². The number of ether oxygens (including phenoxy) is 1. The minimum absolute atomic E-state index is 0.0780. The maximum atomic E-state index is 13.1. The van der Waals surface area contributed by atoms with Gasteiger partial charge >= 0.3 is 0 Å². The van der Waals surface area contributed by atoms with E-state index in [1.807, 2.05) is 0 Å². The van der Waals surface area contributed by atoms with Crippen LogP contribution in [-0.2, 0) is 0 Å². The quantitative estimate of drug-likeness (QED) is 0.745. The highest BCUT2D eigenvalue weighted by Crippen LogP contribution is 2.28. The molecule has 0 spiro atoms. The average Bonchev–Trinajstić information content (AvgIpc) is 2.71. The highest BCUT2D eigenvalue weighted by Gasteiger charge is 2.30. The molecule has 0 radical (unpaired) electrons. The molecule has 1 saturated heterocycles. The first kappa shape index (κ1) is 19.9. The fourth-order valence-corrected chi connectivity index (χ4v) is 3.62. The molecule has 1 unspecified atom stereocenters. The minimum Gasteiger partial charge on any atom is -0.507 e. The molecule has 2 aromatic carbocycles. The Morgan fingerprint density at radius 2 is 1.89 bits per heavy atom. The van der Waals surface area contributed by atoms with Crippen LogP contribution in [0.5, 0.6) is 11.5 Å². The summed E-state index contributed by atoms with van der Waals surface area (Å²) in [6.45, 7) is 0.714. The number of nitrogens with zero attached hydrogens (tertiary/aromatic N) is 1. The number of amides is 1. The Kier molecular flexibility index (Phi) is 6.31. The molecule has 1 heterocycles.